The molecule has 0 bridgehead atoms. The molecule has 12 heteroatoms. The van der Waals surface area contributed by atoms with Crippen molar-refractivity contribution in [3.05, 3.63) is 65.7 Å². The molecule has 0 spiro atoms. The van der Waals surface area contributed by atoms with E-state index in [4.69, 9.17) is 29.4 Å². The van der Waals surface area contributed by atoms with Gasteiger partial charge in [-0.1, -0.05) is 0 Å². The van der Waals surface area contributed by atoms with Crippen LogP contribution in [0.1, 0.15) is 24.5 Å². The van der Waals surface area contributed by atoms with E-state index in [0.717, 1.165) is 17.7 Å². The van der Waals surface area contributed by atoms with Gasteiger partial charge in [-0.2, -0.15) is 20.5 Å². The zero-order chi connectivity index (χ0) is 30.2. The largest absolute Gasteiger partial charge is 0.493 e. The second kappa shape index (κ2) is 13.2. The Labute approximate surface area is 242 Å². The average molecular weight is 569 g/mol. The van der Waals surface area contributed by atoms with Crippen molar-refractivity contribution in [3.63, 3.8) is 0 Å². The lowest BCUT2D eigenvalue weighted by atomic mass is 10.1. The molecule has 0 radical (unpaired) electrons. The second-order valence-corrected chi connectivity index (χ2v) is 9.20. The minimum atomic E-state index is -0.833. The summed E-state index contributed by atoms with van der Waals surface area (Å²) in [6.07, 6.45) is 0.193. The molecule has 3 N–H and O–H groups in total. The Balaban J connectivity index is 0.000000952. The quantitative estimate of drug-likeness (QED) is 0.283. The number of nitriles is 2. The van der Waals surface area contributed by atoms with E-state index in [0.29, 0.717) is 59.4 Å². The Morgan fingerprint density at radius 2 is 1.69 bits per heavy atom. The number of rotatable bonds is 7. The van der Waals surface area contributed by atoms with Crippen molar-refractivity contribution in [1.29, 1.82) is 10.5 Å². The maximum absolute atomic E-state index is 10.1. The SMILES string of the molecule is CC(=O)O.COc1cc2cc(C#N)ccc2c(OC)c1Oc1cc(N2CCC(O)C2)nc(Nc2ccc(C#N)cc2)n1. The van der Waals surface area contributed by atoms with Crippen molar-refractivity contribution < 1.29 is 29.2 Å². The van der Waals surface area contributed by atoms with Crippen LogP contribution in [0, 0.1) is 22.7 Å². The van der Waals surface area contributed by atoms with Crippen molar-refractivity contribution in [2.45, 2.75) is 19.4 Å². The number of hydrogen-bond donors (Lipinski definition) is 3. The van der Waals surface area contributed by atoms with E-state index in [2.05, 4.69) is 27.4 Å². The number of benzene rings is 3. The Hall–Kier alpha value is -5.59. The van der Waals surface area contributed by atoms with E-state index in [1.807, 2.05) is 4.90 Å². The number of aliphatic hydroxyl groups is 1. The summed E-state index contributed by atoms with van der Waals surface area (Å²) < 4.78 is 17.6. The smallest absolute Gasteiger partial charge is 0.300 e. The van der Waals surface area contributed by atoms with Gasteiger partial charge in [0.05, 0.1) is 43.6 Å². The number of aliphatic hydroxyl groups excluding tert-OH is 1. The van der Waals surface area contributed by atoms with Crippen molar-refractivity contribution in [1.82, 2.24) is 9.97 Å². The molecule has 1 aromatic heterocycles. The van der Waals surface area contributed by atoms with Crippen molar-refractivity contribution >= 4 is 34.2 Å². The Morgan fingerprint density at radius 3 is 2.29 bits per heavy atom. The number of nitrogens with zero attached hydrogens (tertiary/aromatic N) is 5. The summed E-state index contributed by atoms with van der Waals surface area (Å²) in [6, 6.07) is 19.9. The van der Waals surface area contributed by atoms with Gasteiger partial charge in [0, 0.05) is 37.2 Å². The first-order chi connectivity index (χ1) is 20.2. The van der Waals surface area contributed by atoms with Crippen LogP contribution < -0.4 is 24.4 Å². The number of fused-ring (bicyclic) bond motifs is 1. The van der Waals surface area contributed by atoms with Crippen LogP contribution in [0.3, 0.4) is 0 Å². The molecule has 4 aromatic rings. The molecule has 42 heavy (non-hydrogen) atoms. The summed E-state index contributed by atoms with van der Waals surface area (Å²) >= 11 is 0. The number of aromatic nitrogens is 2. The Morgan fingerprint density at radius 1 is 1.00 bits per heavy atom. The van der Waals surface area contributed by atoms with Crippen LogP contribution in [0.15, 0.2) is 54.6 Å². The fourth-order valence-electron chi connectivity index (χ4n) is 4.35. The number of carboxylic acids is 1. The van der Waals surface area contributed by atoms with Gasteiger partial charge in [0.1, 0.15) is 5.82 Å². The zero-order valence-corrected chi connectivity index (χ0v) is 23.2. The normalized spacial score (nSPS) is 13.8. The maximum Gasteiger partial charge on any atom is 0.300 e. The number of nitrogens with one attached hydrogen (secondary N) is 1. The van der Waals surface area contributed by atoms with Gasteiger partial charge in [-0.3, -0.25) is 4.79 Å². The lowest BCUT2D eigenvalue weighted by Gasteiger charge is -2.20. The first-order valence-corrected chi connectivity index (χ1v) is 12.8. The topological polar surface area (TPSA) is 174 Å². The summed E-state index contributed by atoms with van der Waals surface area (Å²) in [4.78, 5) is 20.2. The monoisotopic (exact) mass is 568 g/mol. The number of methoxy groups -OCH3 is 2. The highest BCUT2D eigenvalue weighted by Gasteiger charge is 2.24. The number of β-amino-alcohol motifs (C(OH)–C–C–N with tert-alkyl or cyclic N) is 1. The molecular weight excluding hydrogens is 540 g/mol. The van der Waals surface area contributed by atoms with E-state index in [9.17, 15) is 10.4 Å². The molecule has 3 aromatic carbocycles. The average Bonchev–Trinajstić information content (AvgIpc) is 3.42. The van der Waals surface area contributed by atoms with Crippen LogP contribution >= 0.6 is 0 Å². The summed E-state index contributed by atoms with van der Waals surface area (Å²) in [6.45, 7) is 2.16. The highest BCUT2D eigenvalue weighted by molar-refractivity contribution is 5.94. The third-order valence-corrected chi connectivity index (χ3v) is 6.22. The molecular formula is C30H28N6O6. The summed E-state index contributed by atoms with van der Waals surface area (Å²) in [7, 11) is 3.06. The van der Waals surface area contributed by atoms with Gasteiger partial charge in [-0.15, -0.1) is 0 Å². The van der Waals surface area contributed by atoms with Crippen LogP contribution in [0.5, 0.6) is 23.1 Å². The molecule has 0 amide bonds. The molecule has 1 aliphatic heterocycles. The summed E-state index contributed by atoms with van der Waals surface area (Å²) in [5.74, 6) is 1.42. The standard InChI is InChI=1S/C28H24N6O4.C2H4O2/c1-36-23-12-19-11-18(15-30)5-8-22(19)26(37-2)27(23)38-25-13-24(34-10-9-21(35)16-34)32-28(33-25)31-20-6-3-17(14-29)4-7-20;1-2(3)4/h3-8,11-13,21,35H,9-10,16H2,1-2H3,(H,31,32,33);1H3,(H,3,4). The van der Waals surface area contributed by atoms with Gasteiger partial charge in [-0.05, 0) is 60.3 Å². The molecule has 1 unspecified atom stereocenters. The number of ether oxygens (including phenoxy) is 3. The fourth-order valence-corrected chi connectivity index (χ4v) is 4.35. The third kappa shape index (κ3) is 6.94. The van der Waals surface area contributed by atoms with Crippen LogP contribution in [0.4, 0.5) is 17.5 Å². The molecule has 1 aliphatic rings. The van der Waals surface area contributed by atoms with E-state index >= 15 is 0 Å². The Kier molecular flexibility index (Phi) is 9.22. The van der Waals surface area contributed by atoms with Crippen LogP contribution in [0.25, 0.3) is 10.8 Å². The van der Waals surface area contributed by atoms with Gasteiger partial charge in [0.2, 0.25) is 17.6 Å². The second-order valence-electron chi connectivity index (χ2n) is 9.20. The number of hydrogen-bond acceptors (Lipinski definition) is 11. The van der Waals surface area contributed by atoms with Crippen LogP contribution in [-0.2, 0) is 4.79 Å². The predicted molar refractivity (Wildman–Crippen MR) is 154 cm³/mol. The first kappa shape index (κ1) is 29.4. The van der Waals surface area contributed by atoms with Gasteiger partial charge in [-0.25, -0.2) is 0 Å². The minimum absolute atomic E-state index is 0.233. The van der Waals surface area contributed by atoms with Crippen molar-refractivity contribution in [2.24, 2.45) is 0 Å². The molecule has 0 saturated carbocycles. The van der Waals surface area contributed by atoms with Crippen LogP contribution in [0.2, 0.25) is 0 Å². The summed E-state index contributed by atoms with van der Waals surface area (Å²) in [5, 5.41) is 40.6. The highest BCUT2D eigenvalue weighted by atomic mass is 16.5. The molecule has 0 aliphatic carbocycles. The summed E-state index contributed by atoms with van der Waals surface area (Å²) in [5.41, 5.74) is 1.75. The third-order valence-electron chi connectivity index (χ3n) is 6.22. The molecule has 1 saturated heterocycles. The number of anilines is 3. The Bertz CT molecular complexity index is 1680. The van der Waals surface area contributed by atoms with E-state index in [-0.39, 0.29) is 11.8 Å². The van der Waals surface area contributed by atoms with Crippen LogP contribution in [-0.4, -0.2) is 59.6 Å². The molecule has 214 valence electrons. The minimum Gasteiger partial charge on any atom is -0.493 e. The van der Waals surface area contributed by atoms with E-state index < -0.39 is 12.1 Å². The molecule has 1 fully saturated rings. The van der Waals surface area contributed by atoms with Gasteiger partial charge >= 0.3 is 0 Å². The molecule has 2 heterocycles. The molecule has 1 atom stereocenters. The number of aliphatic carboxylic acids is 1. The lowest BCUT2D eigenvalue weighted by molar-refractivity contribution is -0.134. The zero-order valence-electron chi connectivity index (χ0n) is 23.2. The van der Waals surface area contributed by atoms with Crippen molar-refractivity contribution in [3.8, 4) is 35.3 Å². The molecule has 5 rings (SSSR count). The highest BCUT2D eigenvalue weighted by Crippen LogP contribution is 2.46. The van der Waals surface area contributed by atoms with Gasteiger partial charge in [0.15, 0.2) is 11.5 Å². The lowest BCUT2D eigenvalue weighted by Crippen LogP contribution is -2.22. The van der Waals surface area contributed by atoms with E-state index in [1.165, 1.54) is 14.2 Å². The molecule has 12 nitrogen and oxygen atoms in total. The number of carboxylic acid groups (broad SMARTS) is 1. The fraction of sp³-hybridized carbons (Fsp3) is 0.233. The first-order valence-electron chi connectivity index (χ1n) is 12.8. The number of carbonyl (C=O) groups is 1. The van der Waals surface area contributed by atoms with Gasteiger partial charge < -0.3 is 34.6 Å². The van der Waals surface area contributed by atoms with E-state index in [1.54, 1.807) is 54.6 Å². The predicted octanol–water partition coefficient (Wildman–Crippen LogP) is 4.59. The maximum atomic E-state index is 10.1. The van der Waals surface area contributed by atoms with Gasteiger partial charge in [0.25, 0.3) is 5.97 Å². The van der Waals surface area contributed by atoms with Crippen molar-refractivity contribution in [2.75, 3.05) is 37.5 Å².